The second-order valence-electron chi connectivity index (χ2n) is 8.17. The number of hydrogen-bond donors (Lipinski definition) is 1. The van der Waals surface area contributed by atoms with Crippen LogP contribution in [0.3, 0.4) is 0 Å². The van der Waals surface area contributed by atoms with E-state index in [9.17, 15) is 14.4 Å². The maximum atomic E-state index is 13.7. The van der Waals surface area contributed by atoms with E-state index in [1.807, 2.05) is 0 Å². The molecule has 10 nitrogen and oxygen atoms in total. The lowest BCUT2D eigenvalue weighted by atomic mass is 9.95. The maximum absolute atomic E-state index is 13.7. The van der Waals surface area contributed by atoms with Gasteiger partial charge < -0.3 is 24.1 Å². The van der Waals surface area contributed by atoms with E-state index in [1.54, 1.807) is 62.4 Å². The fourth-order valence-electron chi connectivity index (χ4n) is 4.09. The highest BCUT2D eigenvalue weighted by molar-refractivity contribution is 7.07. The molecule has 1 aliphatic heterocycles. The van der Waals surface area contributed by atoms with E-state index in [0.29, 0.717) is 43.4 Å². The number of benzene rings is 2. The SMILES string of the molecule is CCOC(=O)C1=C(C)N=c2s/c(=C/c3ccc(OCC(=O)O)cc3)c(=O)n2[C@@H]1c1ccc(OC)c(OC)c1. The summed E-state index contributed by atoms with van der Waals surface area (Å²) in [6.45, 7) is 3.15. The number of aliphatic carboxylic acids is 1. The number of aromatic nitrogens is 1. The molecular weight excluding hydrogens is 512 g/mol. The molecule has 0 bridgehead atoms. The second kappa shape index (κ2) is 11.3. The van der Waals surface area contributed by atoms with Crippen LogP contribution in [-0.2, 0) is 14.3 Å². The lowest BCUT2D eigenvalue weighted by molar-refractivity contribution is -0.140. The molecule has 0 aliphatic carbocycles. The summed E-state index contributed by atoms with van der Waals surface area (Å²) in [5, 5.41) is 8.77. The summed E-state index contributed by atoms with van der Waals surface area (Å²) in [5.41, 5.74) is 1.73. The number of ether oxygens (including phenoxy) is 4. The molecule has 0 amide bonds. The average molecular weight is 539 g/mol. The normalized spacial score (nSPS) is 14.9. The van der Waals surface area contributed by atoms with Crippen molar-refractivity contribution in [1.29, 1.82) is 0 Å². The number of fused-ring (bicyclic) bond motifs is 1. The van der Waals surface area contributed by atoms with Crippen LogP contribution in [-0.4, -0.2) is 49.0 Å². The molecular formula is C27H26N2O8S. The maximum Gasteiger partial charge on any atom is 0.341 e. The molecule has 11 heteroatoms. The highest BCUT2D eigenvalue weighted by Crippen LogP contribution is 2.36. The number of carbonyl (C=O) groups is 2. The van der Waals surface area contributed by atoms with Gasteiger partial charge in [-0.25, -0.2) is 14.6 Å². The van der Waals surface area contributed by atoms with Gasteiger partial charge in [0.05, 0.1) is 42.7 Å². The third kappa shape index (κ3) is 5.32. The Morgan fingerprint density at radius 3 is 2.45 bits per heavy atom. The number of methoxy groups -OCH3 is 2. The zero-order valence-electron chi connectivity index (χ0n) is 21.2. The summed E-state index contributed by atoms with van der Waals surface area (Å²) in [7, 11) is 3.04. The summed E-state index contributed by atoms with van der Waals surface area (Å²) >= 11 is 1.20. The number of nitrogens with zero attached hydrogens (tertiary/aromatic N) is 2. The minimum Gasteiger partial charge on any atom is -0.493 e. The Balaban J connectivity index is 1.85. The molecule has 0 saturated heterocycles. The molecule has 1 N–H and O–H groups in total. The molecule has 0 unspecified atom stereocenters. The van der Waals surface area contributed by atoms with Gasteiger partial charge in [-0.1, -0.05) is 29.5 Å². The van der Waals surface area contributed by atoms with Gasteiger partial charge >= 0.3 is 11.9 Å². The molecule has 1 atom stereocenters. The Morgan fingerprint density at radius 2 is 1.82 bits per heavy atom. The standard InChI is InChI=1S/C27H26N2O8S/c1-5-36-26(33)23-15(2)28-27-29(24(23)17-8-11-19(34-3)20(13-17)35-4)25(32)21(38-27)12-16-6-9-18(10-7-16)37-14-22(30)31/h6-13,24H,5,14H2,1-4H3,(H,30,31)/b21-12+/t24-/m1/s1. The summed E-state index contributed by atoms with van der Waals surface area (Å²) in [6, 6.07) is 11.1. The Bertz CT molecular complexity index is 1580. The van der Waals surface area contributed by atoms with E-state index in [4.69, 9.17) is 24.1 Å². The number of rotatable bonds is 9. The number of allylic oxidation sites excluding steroid dienone is 1. The smallest absolute Gasteiger partial charge is 0.341 e. The third-order valence-corrected chi connectivity index (χ3v) is 6.76. The third-order valence-electron chi connectivity index (χ3n) is 5.78. The minimum absolute atomic E-state index is 0.171. The van der Waals surface area contributed by atoms with Crippen molar-refractivity contribution in [2.45, 2.75) is 19.9 Å². The summed E-state index contributed by atoms with van der Waals surface area (Å²) in [6.07, 6.45) is 1.71. The van der Waals surface area contributed by atoms with Crippen molar-refractivity contribution < 1.29 is 33.6 Å². The molecule has 1 aliphatic rings. The van der Waals surface area contributed by atoms with Crippen LogP contribution in [0.2, 0.25) is 0 Å². The highest BCUT2D eigenvalue weighted by Gasteiger charge is 2.33. The molecule has 198 valence electrons. The monoisotopic (exact) mass is 538 g/mol. The predicted molar refractivity (Wildman–Crippen MR) is 140 cm³/mol. The van der Waals surface area contributed by atoms with E-state index in [2.05, 4.69) is 4.99 Å². The van der Waals surface area contributed by atoms with Gasteiger partial charge in [0.15, 0.2) is 22.9 Å². The Hall–Kier alpha value is -4.38. The van der Waals surface area contributed by atoms with E-state index >= 15 is 0 Å². The van der Waals surface area contributed by atoms with E-state index in [-0.39, 0.29) is 17.7 Å². The molecule has 2 heterocycles. The van der Waals surface area contributed by atoms with Crippen molar-refractivity contribution in [3.8, 4) is 17.2 Å². The van der Waals surface area contributed by atoms with Crippen molar-refractivity contribution in [3.05, 3.63) is 84.5 Å². The average Bonchev–Trinajstić information content (AvgIpc) is 3.21. The molecule has 4 rings (SSSR count). The first-order valence-electron chi connectivity index (χ1n) is 11.6. The Labute approximate surface area is 221 Å². The van der Waals surface area contributed by atoms with Crippen LogP contribution in [0, 0.1) is 0 Å². The number of carboxylic acids is 1. The van der Waals surface area contributed by atoms with Crippen molar-refractivity contribution in [2.75, 3.05) is 27.4 Å². The summed E-state index contributed by atoms with van der Waals surface area (Å²) in [4.78, 5) is 42.5. The van der Waals surface area contributed by atoms with Crippen molar-refractivity contribution >= 4 is 29.4 Å². The fourth-order valence-corrected chi connectivity index (χ4v) is 5.13. The molecule has 0 radical (unpaired) electrons. The van der Waals surface area contributed by atoms with Crippen molar-refractivity contribution in [3.63, 3.8) is 0 Å². The predicted octanol–water partition coefficient (Wildman–Crippen LogP) is 2.28. The largest absolute Gasteiger partial charge is 0.493 e. The molecule has 0 spiro atoms. The van der Waals surface area contributed by atoms with Crippen LogP contribution in [0.15, 0.2) is 63.5 Å². The molecule has 1 aromatic heterocycles. The van der Waals surface area contributed by atoms with E-state index in [1.165, 1.54) is 30.1 Å². The van der Waals surface area contributed by atoms with E-state index < -0.39 is 24.6 Å². The lowest BCUT2D eigenvalue weighted by Gasteiger charge is -2.25. The van der Waals surface area contributed by atoms with Gasteiger partial charge in [-0.2, -0.15) is 0 Å². The Kier molecular flexibility index (Phi) is 7.96. The minimum atomic E-state index is -1.07. The quantitative estimate of drug-likeness (QED) is 0.412. The number of carbonyl (C=O) groups excluding carboxylic acids is 1. The van der Waals surface area contributed by atoms with Gasteiger partial charge in [0.25, 0.3) is 5.56 Å². The number of carboxylic acid groups (broad SMARTS) is 1. The van der Waals surface area contributed by atoms with E-state index in [0.717, 1.165) is 0 Å². The van der Waals surface area contributed by atoms with Crippen molar-refractivity contribution in [2.24, 2.45) is 4.99 Å². The van der Waals surface area contributed by atoms with Crippen LogP contribution in [0.1, 0.15) is 31.0 Å². The van der Waals surface area contributed by atoms with Gasteiger partial charge in [0.1, 0.15) is 5.75 Å². The van der Waals surface area contributed by atoms with Gasteiger partial charge in [-0.15, -0.1) is 0 Å². The first-order valence-corrected chi connectivity index (χ1v) is 12.4. The van der Waals surface area contributed by atoms with Gasteiger partial charge in [0.2, 0.25) is 0 Å². The molecule has 2 aromatic carbocycles. The van der Waals surface area contributed by atoms with Crippen LogP contribution in [0.4, 0.5) is 0 Å². The van der Waals surface area contributed by atoms with Gasteiger partial charge in [-0.05, 0) is 55.3 Å². The zero-order valence-corrected chi connectivity index (χ0v) is 22.0. The van der Waals surface area contributed by atoms with Crippen LogP contribution < -0.4 is 29.1 Å². The first kappa shape index (κ1) is 26.7. The topological polar surface area (TPSA) is 126 Å². The summed E-state index contributed by atoms with van der Waals surface area (Å²) in [5.74, 6) is -0.265. The lowest BCUT2D eigenvalue weighted by Crippen LogP contribution is -2.39. The molecule has 0 fully saturated rings. The van der Waals surface area contributed by atoms with Crippen LogP contribution >= 0.6 is 11.3 Å². The van der Waals surface area contributed by atoms with Gasteiger partial charge in [-0.3, -0.25) is 9.36 Å². The highest BCUT2D eigenvalue weighted by atomic mass is 32.1. The van der Waals surface area contributed by atoms with Crippen molar-refractivity contribution in [1.82, 2.24) is 4.57 Å². The summed E-state index contributed by atoms with van der Waals surface area (Å²) < 4.78 is 23.2. The first-order chi connectivity index (χ1) is 18.3. The van der Waals surface area contributed by atoms with Gasteiger partial charge in [0, 0.05) is 0 Å². The van der Waals surface area contributed by atoms with Crippen LogP contribution in [0.25, 0.3) is 6.08 Å². The van der Waals surface area contributed by atoms with Crippen LogP contribution in [0.5, 0.6) is 17.2 Å². The number of hydrogen-bond acceptors (Lipinski definition) is 9. The zero-order chi connectivity index (χ0) is 27.4. The molecule has 3 aromatic rings. The fraction of sp³-hybridized carbons (Fsp3) is 0.259. The molecule has 0 saturated carbocycles. The second-order valence-corrected chi connectivity index (χ2v) is 9.18. The Morgan fingerprint density at radius 1 is 1.11 bits per heavy atom. The molecule has 38 heavy (non-hydrogen) atoms. The number of esters is 1. The number of thiazole rings is 1.